The lowest BCUT2D eigenvalue weighted by molar-refractivity contribution is 0.265. The highest BCUT2D eigenvalue weighted by Crippen LogP contribution is 2.18. The van der Waals surface area contributed by atoms with Crippen LogP contribution in [0.4, 0.5) is 0 Å². The summed E-state index contributed by atoms with van der Waals surface area (Å²) in [6, 6.07) is 10.2. The Balaban J connectivity index is 1.92. The van der Waals surface area contributed by atoms with Gasteiger partial charge in [-0.3, -0.25) is 0 Å². The van der Waals surface area contributed by atoms with E-state index in [0.29, 0.717) is 6.61 Å². The molecule has 0 amide bonds. The number of aryl methyl sites for hydroxylation is 2. The Kier molecular flexibility index (Phi) is 4.63. The molecule has 0 aliphatic heterocycles. The molecule has 0 aliphatic rings. The number of rotatable bonds is 6. The molecular weight excluding hydrogens is 238 g/mol. The van der Waals surface area contributed by atoms with Crippen LogP contribution in [0.2, 0.25) is 0 Å². The van der Waals surface area contributed by atoms with Crippen molar-refractivity contribution in [2.24, 2.45) is 0 Å². The van der Waals surface area contributed by atoms with Crippen molar-refractivity contribution in [3.63, 3.8) is 0 Å². The molecule has 0 bridgehead atoms. The average Bonchev–Trinajstić information content (AvgIpc) is 2.81. The van der Waals surface area contributed by atoms with Gasteiger partial charge in [-0.2, -0.15) is 0 Å². The Morgan fingerprint density at radius 3 is 2.42 bits per heavy atom. The van der Waals surface area contributed by atoms with Crippen LogP contribution < -0.4 is 10.1 Å². The fourth-order valence-corrected chi connectivity index (χ4v) is 2.01. The zero-order valence-electron chi connectivity index (χ0n) is 11.8. The van der Waals surface area contributed by atoms with Crippen LogP contribution in [-0.2, 0) is 13.2 Å². The maximum atomic E-state index is 5.76. The molecular formula is C16H21NO2. The van der Waals surface area contributed by atoms with Crippen molar-refractivity contribution in [3.8, 4) is 5.75 Å². The summed E-state index contributed by atoms with van der Waals surface area (Å²) in [6.45, 7) is 8.39. The van der Waals surface area contributed by atoms with Gasteiger partial charge in [-0.15, -0.1) is 0 Å². The van der Waals surface area contributed by atoms with E-state index in [1.807, 2.05) is 24.3 Å². The predicted octanol–water partition coefficient (Wildman–Crippen LogP) is 3.58. The molecule has 0 aliphatic carbocycles. The second kappa shape index (κ2) is 6.43. The first kappa shape index (κ1) is 13.7. The van der Waals surface area contributed by atoms with E-state index in [9.17, 15) is 0 Å². The van der Waals surface area contributed by atoms with Gasteiger partial charge in [0, 0.05) is 0 Å². The fraction of sp³-hybridized carbons (Fsp3) is 0.375. The fourth-order valence-electron chi connectivity index (χ4n) is 2.01. The summed E-state index contributed by atoms with van der Waals surface area (Å²) in [5.74, 6) is 2.69. The second-order valence-electron chi connectivity index (χ2n) is 4.76. The van der Waals surface area contributed by atoms with Crippen LogP contribution in [0.15, 0.2) is 34.7 Å². The van der Waals surface area contributed by atoms with Gasteiger partial charge in [0.25, 0.3) is 0 Å². The van der Waals surface area contributed by atoms with Crippen LogP contribution in [0.3, 0.4) is 0 Å². The number of benzene rings is 1. The summed E-state index contributed by atoms with van der Waals surface area (Å²) in [7, 11) is 0. The second-order valence-corrected chi connectivity index (χ2v) is 4.76. The van der Waals surface area contributed by atoms with Crippen molar-refractivity contribution in [2.75, 3.05) is 6.54 Å². The van der Waals surface area contributed by atoms with Crippen LogP contribution in [0.1, 0.15) is 29.6 Å². The maximum absolute atomic E-state index is 5.76. The average molecular weight is 259 g/mol. The zero-order valence-corrected chi connectivity index (χ0v) is 11.8. The molecule has 19 heavy (non-hydrogen) atoms. The summed E-state index contributed by atoms with van der Waals surface area (Å²) in [6.07, 6.45) is 0. The first-order valence-electron chi connectivity index (χ1n) is 6.67. The topological polar surface area (TPSA) is 34.4 Å². The van der Waals surface area contributed by atoms with E-state index in [0.717, 1.165) is 30.4 Å². The van der Waals surface area contributed by atoms with Gasteiger partial charge < -0.3 is 14.5 Å². The lowest BCUT2D eigenvalue weighted by atomic mass is 10.1. The number of hydrogen-bond donors (Lipinski definition) is 1. The van der Waals surface area contributed by atoms with Gasteiger partial charge in [-0.05, 0) is 55.8 Å². The van der Waals surface area contributed by atoms with E-state index in [-0.39, 0.29) is 0 Å². The monoisotopic (exact) mass is 259 g/mol. The molecule has 102 valence electrons. The molecule has 3 heteroatoms. The molecule has 1 aromatic carbocycles. The number of hydrogen-bond acceptors (Lipinski definition) is 3. The minimum atomic E-state index is 0.467. The van der Waals surface area contributed by atoms with Crippen LogP contribution in [0.5, 0.6) is 5.75 Å². The Morgan fingerprint density at radius 1 is 1.05 bits per heavy atom. The molecule has 0 unspecified atom stereocenters. The lowest BCUT2D eigenvalue weighted by Crippen LogP contribution is -2.10. The van der Waals surface area contributed by atoms with Crippen LogP contribution >= 0.6 is 0 Å². The van der Waals surface area contributed by atoms with Gasteiger partial charge in [-0.1, -0.05) is 13.0 Å². The Hall–Kier alpha value is -1.74. The Morgan fingerprint density at radius 2 is 1.74 bits per heavy atom. The SMILES string of the molecule is CCNCc1ccc(COc2cc(C)cc(C)c2)o1. The Labute approximate surface area is 114 Å². The molecule has 2 aromatic rings. The molecule has 1 N–H and O–H groups in total. The van der Waals surface area contributed by atoms with Crippen LogP contribution in [0.25, 0.3) is 0 Å². The predicted molar refractivity (Wildman–Crippen MR) is 76.3 cm³/mol. The molecule has 0 radical (unpaired) electrons. The van der Waals surface area contributed by atoms with Gasteiger partial charge >= 0.3 is 0 Å². The molecule has 1 heterocycles. The van der Waals surface area contributed by atoms with E-state index < -0.39 is 0 Å². The van der Waals surface area contributed by atoms with Crippen molar-refractivity contribution in [1.82, 2.24) is 5.32 Å². The van der Waals surface area contributed by atoms with Gasteiger partial charge in [0.2, 0.25) is 0 Å². The summed E-state index contributed by atoms with van der Waals surface area (Å²) in [4.78, 5) is 0. The standard InChI is InChI=1S/C16H21NO2/c1-4-17-10-14-5-6-15(19-14)11-18-16-8-12(2)7-13(3)9-16/h5-9,17H,4,10-11H2,1-3H3. The Bertz CT molecular complexity index is 511. The number of furan rings is 1. The van der Waals surface area contributed by atoms with Crippen molar-refractivity contribution >= 4 is 0 Å². The molecule has 3 nitrogen and oxygen atoms in total. The molecule has 1 aromatic heterocycles. The van der Waals surface area contributed by atoms with E-state index in [1.165, 1.54) is 11.1 Å². The summed E-state index contributed by atoms with van der Waals surface area (Å²) in [5, 5.41) is 3.23. The minimum Gasteiger partial charge on any atom is -0.486 e. The van der Waals surface area contributed by atoms with Gasteiger partial charge in [0.15, 0.2) is 0 Å². The van der Waals surface area contributed by atoms with E-state index >= 15 is 0 Å². The first-order valence-corrected chi connectivity index (χ1v) is 6.67. The lowest BCUT2D eigenvalue weighted by Gasteiger charge is -2.06. The van der Waals surface area contributed by atoms with E-state index in [2.05, 4.69) is 32.2 Å². The highest BCUT2D eigenvalue weighted by atomic mass is 16.5. The van der Waals surface area contributed by atoms with Gasteiger partial charge in [0.1, 0.15) is 23.9 Å². The zero-order chi connectivity index (χ0) is 13.7. The van der Waals surface area contributed by atoms with Crippen LogP contribution in [0, 0.1) is 13.8 Å². The summed E-state index contributed by atoms with van der Waals surface area (Å²) < 4.78 is 11.4. The molecule has 0 spiro atoms. The van der Waals surface area contributed by atoms with Crippen molar-refractivity contribution < 1.29 is 9.15 Å². The highest BCUT2D eigenvalue weighted by molar-refractivity contribution is 5.33. The largest absolute Gasteiger partial charge is 0.486 e. The van der Waals surface area contributed by atoms with E-state index in [4.69, 9.17) is 9.15 Å². The molecule has 0 saturated carbocycles. The quantitative estimate of drug-likeness (QED) is 0.861. The van der Waals surface area contributed by atoms with Gasteiger partial charge in [-0.25, -0.2) is 0 Å². The number of ether oxygens (including phenoxy) is 1. The molecule has 0 fully saturated rings. The van der Waals surface area contributed by atoms with Gasteiger partial charge in [0.05, 0.1) is 6.54 Å². The first-order chi connectivity index (χ1) is 9.17. The maximum Gasteiger partial charge on any atom is 0.146 e. The third-order valence-electron chi connectivity index (χ3n) is 2.84. The third kappa shape index (κ3) is 4.14. The van der Waals surface area contributed by atoms with Crippen molar-refractivity contribution in [2.45, 2.75) is 33.9 Å². The minimum absolute atomic E-state index is 0.467. The third-order valence-corrected chi connectivity index (χ3v) is 2.84. The summed E-state index contributed by atoms with van der Waals surface area (Å²) in [5.41, 5.74) is 2.42. The molecule has 2 rings (SSSR count). The molecule has 0 saturated heterocycles. The highest BCUT2D eigenvalue weighted by Gasteiger charge is 2.03. The van der Waals surface area contributed by atoms with Crippen LogP contribution in [-0.4, -0.2) is 6.54 Å². The summed E-state index contributed by atoms with van der Waals surface area (Å²) >= 11 is 0. The normalized spacial score (nSPS) is 10.7. The molecule has 0 atom stereocenters. The van der Waals surface area contributed by atoms with Crippen molar-refractivity contribution in [1.29, 1.82) is 0 Å². The smallest absolute Gasteiger partial charge is 0.146 e. The van der Waals surface area contributed by atoms with E-state index in [1.54, 1.807) is 0 Å². The van der Waals surface area contributed by atoms with Crippen molar-refractivity contribution in [3.05, 3.63) is 53.0 Å². The number of nitrogens with one attached hydrogen (secondary N) is 1.